The maximum absolute atomic E-state index is 12.8. The van der Waals surface area contributed by atoms with Gasteiger partial charge in [0.1, 0.15) is 6.61 Å². The molecule has 0 aromatic heterocycles. The van der Waals surface area contributed by atoms with Crippen molar-refractivity contribution in [3.8, 4) is 11.5 Å². The van der Waals surface area contributed by atoms with Crippen LogP contribution in [0.3, 0.4) is 0 Å². The lowest BCUT2D eigenvalue weighted by atomic mass is 10.2. The van der Waals surface area contributed by atoms with E-state index in [1.54, 1.807) is 35.2 Å². The highest BCUT2D eigenvalue weighted by molar-refractivity contribution is 5.94. The number of piperazine rings is 1. The summed E-state index contributed by atoms with van der Waals surface area (Å²) >= 11 is 0. The third kappa shape index (κ3) is 5.36. The Morgan fingerprint density at radius 3 is 2.34 bits per heavy atom. The zero-order valence-corrected chi connectivity index (χ0v) is 17.9. The van der Waals surface area contributed by atoms with Crippen molar-refractivity contribution < 1.29 is 23.9 Å². The molecule has 2 aliphatic heterocycles. The Morgan fingerprint density at radius 2 is 1.62 bits per heavy atom. The molecule has 9 heteroatoms. The molecule has 0 radical (unpaired) electrons. The molecule has 1 saturated heterocycles. The van der Waals surface area contributed by atoms with Crippen molar-refractivity contribution in [1.82, 2.24) is 9.80 Å². The van der Waals surface area contributed by atoms with Crippen LogP contribution >= 0.6 is 0 Å². The molecule has 4 rings (SSSR count). The molecule has 2 aromatic carbocycles. The predicted molar refractivity (Wildman–Crippen MR) is 119 cm³/mol. The van der Waals surface area contributed by atoms with Gasteiger partial charge in [-0.05, 0) is 30.3 Å². The van der Waals surface area contributed by atoms with Crippen molar-refractivity contribution in [1.29, 1.82) is 0 Å². The summed E-state index contributed by atoms with van der Waals surface area (Å²) in [6.45, 7) is 4.07. The number of ether oxygens (including phenoxy) is 2. The molecule has 2 heterocycles. The largest absolute Gasteiger partial charge is 0.485 e. The Hall–Kier alpha value is -3.59. The lowest BCUT2D eigenvalue weighted by Gasteiger charge is -2.36. The summed E-state index contributed by atoms with van der Waals surface area (Å²) in [4.78, 5) is 40.2. The van der Waals surface area contributed by atoms with Crippen LogP contribution in [0.5, 0.6) is 11.5 Å². The Bertz CT molecular complexity index is 1000. The van der Waals surface area contributed by atoms with Crippen molar-refractivity contribution in [2.24, 2.45) is 0 Å². The van der Waals surface area contributed by atoms with E-state index in [0.717, 1.165) is 0 Å². The first-order chi connectivity index (χ1) is 15.5. The lowest BCUT2D eigenvalue weighted by molar-refractivity contribution is -0.143. The van der Waals surface area contributed by atoms with Gasteiger partial charge >= 0.3 is 0 Å². The summed E-state index contributed by atoms with van der Waals surface area (Å²) in [6, 6.07) is 14.3. The van der Waals surface area contributed by atoms with Crippen molar-refractivity contribution in [3.63, 3.8) is 0 Å². The highest BCUT2D eigenvalue weighted by atomic mass is 16.6. The molecular weight excluding hydrogens is 412 g/mol. The normalized spacial score (nSPS) is 18.0. The molecular formula is C23H26N4O5. The van der Waals surface area contributed by atoms with Crippen LogP contribution in [0.2, 0.25) is 0 Å². The number of amides is 3. The molecule has 0 spiro atoms. The van der Waals surface area contributed by atoms with Crippen molar-refractivity contribution >= 4 is 29.1 Å². The lowest BCUT2D eigenvalue weighted by Crippen LogP contribution is -2.54. The highest BCUT2D eigenvalue weighted by Crippen LogP contribution is 2.31. The van der Waals surface area contributed by atoms with Crippen LogP contribution in [0, 0.1) is 0 Å². The van der Waals surface area contributed by atoms with E-state index in [2.05, 4.69) is 10.6 Å². The van der Waals surface area contributed by atoms with Crippen LogP contribution in [-0.4, -0.2) is 73.0 Å². The number of anilines is 2. The van der Waals surface area contributed by atoms with Crippen molar-refractivity contribution in [2.45, 2.75) is 13.0 Å². The molecule has 0 aliphatic carbocycles. The van der Waals surface area contributed by atoms with E-state index in [-0.39, 0.29) is 30.9 Å². The second-order valence-corrected chi connectivity index (χ2v) is 7.78. The highest BCUT2D eigenvalue weighted by Gasteiger charge is 2.32. The minimum absolute atomic E-state index is 0.0987. The Morgan fingerprint density at radius 1 is 0.938 bits per heavy atom. The SMILES string of the molecule is CC(=O)Nc1cccc(NC(=O)CN2CCN(C(=O)C3COc4ccccc4O3)CC2)c1. The van der Waals surface area contributed by atoms with Gasteiger partial charge in [-0.3, -0.25) is 19.3 Å². The van der Waals surface area contributed by atoms with Crippen molar-refractivity contribution in [3.05, 3.63) is 48.5 Å². The number of hydrogen-bond acceptors (Lipinski definition) is 6. The number of carbonyl (C=O) groups is 3. The Labute approximate surface area is 186 Å². The van der Waals surface area contributed by atoms with E-state index >= 15 is 0 Å². The standard InChI is InChI=1S/C23H26N4O5/c1-16(28)24-17-5-4-6-18(13-17)25-22(29)14-26-9-11-27(12-10-26)23(30)21-15-31-19-7-2-3-8-20(19)32-21/h2-8,13,21H,9-12,14-15H2,1H3,(H,24,28)(H,25,29). The molecule has 32 heavy (non-hydrogen) atoms. The van der Waals surface area contributed by atoms with Crippen LogP contribution in [0.4, 0.5) is 11.4 Å². The maximum Gasteiger partial charge on any atom is 0.267 e. The van der Waals surface area contributed by atoms with Crippen LogP contribution in [0.1, 0.15) is 6.92 Å². The van der Waals surface area contributed by atoms with Gasteiger partial charge in [0.05, 0.1) is 6.54 Å². The Kier molecular flexibility index (Phi) is 6.55. The van der Waals surface area contributed by atoms with Gasteiger partial charge in [-0.1, -0.05) is 18.2 Å². The van der Waals surface area contributed by atoms with Gasteiger partial charge in [-0.2, -0.15) is 0 Å². The fourth-order valence-corrected chi connectivity index (χ4v) is 3.75. The van der Waals surface area contributed by atoms with E-state index in [4.69, 9.17) is 9.47 Å². The molecule has 2 aromatic rings. The number of nitrogens with one attached hydrogen (secondary N) is 2. The molecule has 1 fully saturated rings. The molecule has 1 atom stereocenters. The third-order valence-electron chi connectivity index (χ3n) is 5.30. The summed E-state index contributed by atoms with van der Waals surface area (Å²) < 4.78 is 11.5. The number of fused-ring (bicyclic) bond motifs is 1. The van der Waals surface area contributed by atoms with E-state index in [9.17, 15) is 14.4 Å². The summed E-state index contributed by atoms with van der Waals surface area (Å²) in [6.07, 6.45) is -0.657. The summed E-state index contributed by atoms with van der Waals surface area (Å²) in [5.74, 6) is 0.809. The average molecular weight is 438 g/mol. The molecule has 2 aliphatic rings. The van der Waals surface area contributed by atoms with Gasteiger partial charge < -0.3 is 25.0 Å². The molecule has 168 valence electrons. The summed E-state index contributed by atoms with van der Waals surface area (Å²) in [7, 11) is 0. The zero-order valence-electron chi connectivity index (χ0n) is 17.9. The zero-order chi connectivity index (χ0) is 22.5. The Balaban J connectivity index is 1.24. The minimum Gasteiger partial charge on any atom is -0.485 e. The first-order valence-electron chi connectivity index (χ1n) is 10.5. The molecule has 0 saturated carbocycles. The van der Waals surface area contributed by atoms with Gasteiger partial charge in [-0.15, -0.1) is 0 Å². The molecule has 2 N–H and O–H groups in total. The second-order valence-electron chi connectivity index (χ2n) is 7.78. The monoisotopic (exact) mass is 438 g/mol. The number of hydrogen-bond donors (Lipinski definition) is 2. The van der Waals surface area contributed by atoms with E-state index < -0.39 is 6.10 Å². The third-order valence-corrected chi connectivity index (χ3v) is 5.30. The smallest absolute Gasteiger partial charge is 0.267 e. The van der Waals surface area contributed by atoms with E-state index in [1.807, 2.05) is 23.1 Å². The predicted octanol–water partition coefficient (Wildman–Crippen LogP) is 1.57. The second kappa shape index (κ2) is 9.69. The van der Waals surface area contributed by atoms with Gasteiger partial charge in [0, 0.05) is 44.5 Å². The average Bonchev–Trinajstić information content (AvgIpc) is 2.78. The summed E-state index contributed by atoms with van der Waals surface area (Å²) in [5, 5.41) is 5.54. The number of benzene rings is 2. The van der Waals surface area contributed by atoms with Gasteiger partial charge in [0.25, 0.3) is 5.91 Å². The molecule has 1 unspecified atom stereocenters. The fraction of sp³-hybridized carbons (Fsp3) is 0.348. The van der Waals surface area contributed by atoms with E-state index in [1.165, 1.54) is 6.92 Å². The van der Waals surface area contributed by atoms with Gasteiger partial charge in [0.2, 0.25) is 17.9 Å². The topological polar surface area (TPSA) is 100 Å². The number of carbonyl (C=O) groups excluding carboxylic acids is 3. The quantitative estimate of drug-likeness (QED) is 0.735. The number of rotatable bonds is 5. The maximum atomic E-state index is 12.8. The first kappa shape index (κ1) is 21.6. The van der Waals surface area contributed by atoms with Crippen LogP contribution < -0.4 is 20.1 Å². The number of para-hydroxylation sites is 2. The van der Waals surface area contributed by atoms with Crippen LogP contribution in [0.25, 0.3) is 0 Å². The first-order valence-corrected chi connectivity index (χ1v) is 10.5. The van der Waals surface area contributed by atoms with Crippen LogP contribution in [-0.2, 0) is 14.4 Å². The fourth-order valence-electron chi connectivity index (χ4n) is 3.75. The molecule has 3 amide bonds. The summed E-state index contributed by atoms with van der Waals surface area (Å²) in [5.41, 5.74) is 1.24. The number of nitrogens with zero attached hydrogens (tertiary/aromatic N) is 2. The van der Waals surface area contributed by atoms with Gasteiger partial charge in [0.15, 0.2) is 11.5 Å². The minimum atomic E-state index is -0.657. The molecule has 9 nitrogen and oxygen atoms in total. The van der Waals surface area contributed by atoms with Gasteiger partial charge in [-0.25, -0.2) is 0 Å². The van der Waals surface area contributed by atoms with Crippen LogP contribution in [0.15, 0.2) is 48.5 Å². The van der Waals surface area contributed by atoms with E-state index in [0.29, 0.717) is 49.1 Å². The molecule has 0 bridgehead atoms. The van der Waals surface area contributed by atoms with Crippen molar-refractivity contribution in [2.75, 3.05) is 50.0 Å².